The third-order valence-electron chi connectivity index (χ3n) is 3.88. The normalized spacial score (nSPS) is 13.6. The number of rotatable bonds is 3. The quantitative estimate of drug-likeness (QED) is 0.555. The second-order valence-corrected chi connectivity index (χ2v) is 9.81. The highest BCUT2D eigenvalue weighted by molar-refractivity contribution is 7.90. The Bertz CT molecular complexity index is 1240. The van der Waals surface area contributed by atoms with E-state index < -0.39 is 9.84 Å². The van der Waals surface area contributed by atoms with Gasteiger partial charge in [0.05, 0.1) is 25.3 Å². The lowest BCUT2D eigenvalue weighted by molar-refractivity contribution is 0.174. The van der Waals surface area contributed by atoms with E-state index in [-0.39, 0.29) is 11.7 Å². The molecule has 1 N–H and O–H groups in total. The van der Waals surface area contributed by atoms with Gasteiger partial charge in [0.25, 0.3) is 0 Å². The fourth-order valence-corrected chi connectivity index (χ4v) is 5.22. The van der Waals surface area contributed by atoms with Gasteiger partial charge in [-0.25, -0.2) is 18.4 Å². The first-order chi connectivity index (χ1) is 12.5. The number of nitrogens with one attached hydrogen (secondary N) is 1. The molecule has 4 aromatic rings. The maximum Gasteiger partial charge on any atom is 0.231 e. The van der Waals surface area contributed by atoms with Crippen molar-refractivity contribution in [2.45, 2.75) is 4.90 Å². The van der Waals surface area contributed by atoms with Crippen LogP contribution in [0.2, 0.25) is 0 Å². The predicted octanol–water partition coefficient (Wildman–Crippen LogP) is 3.78. The van der Waals surface area contributed by atoms with Gasteiger partial charge in [0.15, 0.2) is 31.6 Å². The lowest BCUT2D eigenvalue weighted by Gasteiger charge is -1.96. The molecule has 0 amide bonds. The van der Waals surface area contributed by atoms with E-state index in [4.69, 9.17) is 9.47 Å². The van der Waals surface area contributed by atoms with Crippen LogP contribution in [0.1, 0.15) is 0 Å². The SMILES string of the molecule is CS(=O)(=O)c1ccc2nc(Nc3nc4cc5c(cc4s3)OCO5)sc2c1. The Morgan fingerprint density at radius 3 is 2.35 bits per heavy atom. The van der Waals surface area contributed by atoms with Gasteiger partial charge in [-0.2, -0.15) is 0 Å². The third-order valence-corrected chi connectivity index (χ3v) is 6.86. The number of benzene rings is 2. The number of nitrogens with zero attached hydrogens (tertiary/aromatic N) is 2. The molecule has 0 spiro atoms. The number of thiazole rings is 2. The summed E-state index contributed by atoms with van der Waals surface area (Å²) in [6.45, 7) is 0.235. The van der Waals surface area contributed by atoms with Crippen molar-refractivity contribution in [3.8, 4) is 11.5 Å². The first-order valence-corrected chi connectivity index (χ1v) is 11.1. The van der Waals surface area contributed by atoms with Crippen LogP contribution in [-0.4, -0.2) is 31.4 Å². The van der Waals surface area contributed by atoms with Crippen molar-refractivity contribution >= 4 is 63.2 Å². The molecule has 2 aromatic heterocycles. The molecule has 132 valence electrons. The van der Waals surface area contributed by atoms with E-state index in [0.29, 0.717) is 16.0 Å². The van der Waals surface area contributed by atoms with Gasteiger partial charge >= 0.3 is 0 Å². The molecule has 0 atom stereocenters. The Morgan fingerprint density at radius 1 is 0.962 bits per heavy atom. The van der Waals surface area contributed by atoms with Crippen molar-refractivity contribution in [2.75, 3.05) is 18.4 Å². The highest BCUT2D eigenvalue weighted by Crippen LogP contribution is 2.40. The number of anilines is 2. The summed E-state index contributed by atoms with van der Waals surface area (Å²) in [5, 5.41) is 4.56. The summed E-state index contributed by atoms with van der Waals surface area (Å²) in [5.41, 5.74) is 1.56. The number of hydrogen-bond acceptors (Lipinski definition) is 9. The van der Waals surface area contributed by atoms with Crippen LogP contribution in [0.3, 0.4) is 0 Å². The number of aromatic nitrogens is 2. The highest BCUT2D eigenvalue weighted by atomic mass is 32.2. The lowest BCUT2D eigenvalue weighted by Crippen LogP contribution is -1.95. The van der Waals surface area contributed by atoms with Gasteiger partial charge < -0.3 is 14.8 Å². The second-order valence-electron chi connectivity index (χ2n) is 5.74. The summed E-state index contributed by atoms with van der Waals surface area (Å²) in [5.74, 6) is 1.42. The predicted molar refractivity (Wildman–Crippen MR) is 102 cm³/mol. The minimum absolute atomic E-state index is 0.235. The van der Waals surface area contributed by atoms with E-state index in [2.05, 4.69) is 15.3 Å². The Labute approximate surface area is 156 Å². The monoisotopic (exact) mass is 405 g/mol. The molecule has 10 heteroatoms. The van der Waals surface area contributed by atoms with Gasteiger partial charge in [0.2, 0.25) is 6.79 Å². The Hall–Kier alpha value is -2.43. The van der Waals surface area contributed by atoms with Crippen molar-refractivity contribution in [1.82, 2.24) is 9.97 Å². The largest absolute Gasteiger partial charge is 0.454 e. The highest BCUT2D eigenvalue weighted by Gasteiger charge is 2.17. The molecule has 3 heterocycles. The van der Waals surface area contributed by atoms with Gasteiger partial charge in [0, 0.05) is 18.4 Å². The molecule has 0 radical (unpaired) electrons. The van der Waals surface area contributed by atoms with Gasteiger partial charge in [-0.05, 0) is 18.2 Å². The standard InChI is InChI=1S/C16H11N3O4S3/c1-26(20,21)8-2-3-9-13(4-8)24-15(17-9)19-16-18-10-5-11-12(23-7-22-11)6-14(10)25-16/h2-6H,7H2,1H3,(H,17,18,19). The van der Waals surface area contributed by atoms with Crippen molar-refractivity contribution < 1.29 is 17.9 Å². The Kier molecular flexibility index (Phi) is 3.36. The molecule has 1 aliphatic heterocycles. The molecule has 0 fully saturated rings. The fourth-order valence-electron chi connectivity index (χ4n) is 2.65. The van der Waals surface area contributed by atoms with Crippen LogP contribution in [0, 0.1) is 0 Å². The maximum absolute atomic E-state index is 11.7. The number of ether oxygens (including phenoxy) is 2. The van der Waals surface area contributed by atoms with E-state index in [1.165, 1.54) is 28.9 Å². The third kappa shape index (κ3) is 2.66. The number of hydrogen-bond donors (Lipinski definition) is 1. The lowest BCUT2D eigenvalue weighted by atomic mass is 10.3. The minimum atomic E-state index is -3.24. The average Bonchev–Trinajstić information content (AvgIpc) is 3.27. The minimum Gasteiger partial charge on any atom is -0.454 e. The van der Waals surface area contributed by atoms with Gasteiger partial charge in [-0.15, -0.1) is 0 Å². The van der Waals surface area contributed by atoms with Crippen LogP contribution in [0.25, 0.3) is 20.4 Å². The van der Waals surface area contributed by atoms with Crippen LogP contribution in [0.5, 0.6) is 11.5 Å². The van der Waals surface area contributed by atoms with E-state index in [0.717, 1.165) is 26.2 Å². The molecule has 2 aromatic carbocycles. The van der Waals surface area contributed by atoms with Gasteiger partial charge in [0.1, 0.15) is 0 Å². The van der Waals surface area contributed by atoms with E-state index in [1.807, 2.05) is 12.1 Å². The summed E-state index contributed by atoms with van der Waals surface area (Å²) in [7, 11) is -3.24. The zero-order valence-corrected chi connectivity index (χ0v) is 15.8. The summed E-state index contributed by atoms with van der Waals surface area (Å²) in [6, 6.07) is 8.70. The molecule has 0 bridgehead atoms. The van der Waals surface area contributed by atoms with E-state index in [1.54, 1.807) is 18.2 Å². The molecule has 5 rings (SSSR count). The molecular formula is C16H11N3O4S3. The Balaban J connectivity index is 1.50. The molecule has 26 heavy (non-hydrogen) atoms. The molecule has 0 aliphatic carbocycles. The Morgan fingerprint density at radius 2 is 1.62 bits per heavy atom. The van der Waals surface area contributed by atoms with E-state index >= 15 is 0 Å². The van der Waals surface area contributed by atoms with Crippen LogP contribution in [-0.2, 0) is 9.84 Å². The molecule has 0 saturated heterocycles. The summed E-state index contributed by atoms with van der Waals surface area (Å²) in [6.07, 6.45) is 1.19. The molecule has 0 unspecified atom stereocenters. The van der Waals surface area contributed by atoms with Crippen molar-refractivity contribution in [3.63, 3.8) is 0 Å². The number of fused-ring (bicyclic) bond motifs is 3. The molecule has 1 aliphatic rings. The zero-order chi connectivity index (χ0) is 17.9. The van der Waals surface area contributed by atoms with Crippen LogP contribution in [0.15, 0.2) is 35.2 Å². The first-order valence-electron chi connectivity index (χ1n) is 7.53. The van der Waals surface area contributed by atoms with Crippen molar-refractivity contribution in [3.05, 3.63) is 30.3 Å². The van der Waals surface area contributed by atoms with Gasteiger partial charge in [-0.3, -0.25) is 0 Å². The summed E-state index contributed by atoms with van der Waals surface area (Å²) >= 11 is 2.87. The van der Waals surface area contributed by atoms with Gasteiger partial charge in [-0.1, -0.05) is 22.7 Å². The van der Waals surface area contributed by atoms with Crippen molar-refractivity contribution in [1.29, 1.82) is 0 Å². The topological polar surface area (TPSA) is 90.4 Å². The zero-order valence-electron chi connectivity index (χ0n) is 13.3. The molecule has 7 nitrogen and oxygen atoms in total. The molecular weight excluding hydrogens is 394 g/mol. The molecule has 0 saturated carbocycles. The smallest absolute Gasteiger partial charge is 0.231 e. The summed E-state index contributed by atoms with van der Waals surface area (Å²) < 4.78 is 35.9. The van der Waals surface area contributed by atoms with Crippen LogP contribution < -0.4 is 14.8 Å². The fraction of sp³-hybridized carbons (Fsp3) is 0.125. The second kappa shape index (κ2) is 5.53. The summed E-state index contributed by atoms with van der Waals surface area (Å²) in [4.78, 5) is 9.34. The van der Waals surface area contributed by atoms with Crippen molar-refractivity contribution in [2.24, 2.45) is 0 Å². The maximum atomic E-state index is 11.7. The average molecular weight is 405 g/mol. The first kappa shape index (κ1) is 15.8. The van der Waals surface area contributed by atoms with Crippen LogP contribution in [0.4, 0.5) is 10.3 Å². The van der Waals surface area contributed by atoms with Crippen LogP contribution >= 0.6 is 22.7 Å². The van der Waals surface area contributed by atoms with E-state index in [9.17, 15) is 8.42 Å². The number of sulfone groups is 1.